The van der Waals surface area contributed by atoms with Crippen LogP contribution in [0.25, 0.3) is 0 Å². The first-order chi connectivity index (χ1) is 16.4. The molecule has 0 aromatic heterocycles. The van der Waals surface area contributed by atoms with E-state index in [0.29, 0.717) is 25.6 Å². The summed E-state index contributed by atoms with van der Waals surface area (Å²) in [6.45, 7) is 9.08. The SMILES string of the molecule is Cc1cccc(C)c1NC(=O)CN(CCC(=O)Nc1ccc(N2CCN(C)CC2)cc1)C1CC1. The van der Waals surface area contributed by atoms with Crippen LogP contribution < -0.4 is 15.5 Å². The summed E-state index contributed by atoms with van der Waals surface area (Å²) in [4.78, 5) is 32.2. The molecule has 1 aliphatic heterocycles. The summed E-state index contributed by atoms with van der Waals surface area (Å²) in [5.41, 5.74) is 5.02. The number of carbonyl (C=O) groups is 2. The molecule has 7 nitrogen and oxygen atoms in total. The molecule has 34 heavy (non-hydrogen) atoms. The van der Waals surface area contributed by atoms with E-state index in [0.717, 1.165) is 61.5 Å². The van der Waals surface area contributed by atoms with Crippen molar-refractivity contribution in [2.45, 2.75) is 39.2 Å². The van der Waals surface area contributed by atoms with E-state index in [4.69, 9.17) is 0 Å². The summed E-state index contributed by atoms with van der Waals surface area (Å²) in [5, 5.41) is 6.07. The van der Waals surface area contributed by atoms with Crippen LogP contribution in [0.5, 0.6) is 0 Å². The van der Waals surface area contributed by atoms with Crippen molar-refractivity contribution in [2.75, 3.05) is 61.8 Å². The first kappa shape index (κ1) is 24.2. The summed E-state index contributed by atoms with van der Waals surface area (Å²) in [5.74, 6) is -0.0441. The van der Waals surface area contributed by atoms with Crippen LogP contribution in [-0.2, 0) is 9.59 Å². The predicted molar refractivity (Wildman–Crippen MR) is 139 cm³/mol. The van der Waals surface area contributed by atoms with Crippen LogP contribution in [0.15, 0.2) is 42.5 Å². The van der Waals surface area contributed by atoms with E-state index in [9.17, 15) is 9.59 Å². The Kier molecular flexibility index (Phi) is 7.85. The summed E-state index contributed by atoms with van der Waals surface area (Å²) in [6.07, 6.45) is 2.55. The van der Waals surface area contributed by atoms with E-state index < -0.39 is 0 Å². The van der Waals surface area contributed by atoms with Crippen molar-refractivity contribution in [2.24, 2.45) is 0 Å². The minimum atomic E-state index is -0.0239. The number of amides is 2. The van der Waals surface area contributed by atoms with Gasteiger partial charge in [0, 0.05) is 62.2 Å². The van der Waals surface area contributed by atoms with Gasteiger partial charge in [0.1, 0.15) is 0 Å². The smallest absolute Gasteiger partial charge is 0.238 e. The highest BCUT2D eigenvalue weighted by molar-refractivity contribution is 5.94. The Morgan fingerprint density at radius 1 is 0.912 bits per heavy atom. The third-order valence-electron chi connectivity index (χ3n) is 6.80. The second-order valence-corrected chi connectivity index (χ2v) is 9.65. The number of hydrogen-bond donors (Lipinski definition) is 2. The van der Waals surface area contributed by atoms with E-state index in [2.05, 4.69) is 44.5 Å². The molecule has 2 amide bonds. The molecule has 1 saturated heterocycles. The first-order valence-corrected chi connectivity index (χ1v) is 12.3. The Morgan fingerprint density at radius 3 is 2.18 bits per heavy atom. The number of carbonyl (C=O) groups excluding carboxylic acids is 2. The van der Waals surface area contributed by atoms with Crippen molar-refractivity contribution in [1.29, 1.82) is 0 Å². The maximum atomic E-state index is 12.7. The molecule has 0 radical (unpaired) electrons. The van der Waals surface area contributed by atoms with Gasteiger partial charge in [0.15, 0.2) is 0 Å². The molecule has 1 saturated carbocycles. The molecular weight excluding hydrogens is 426 g/mol. The maximum Gasteiger partial charge on any atom is 0.238 e. The number of hydrogen-bond acceptors (Lipinski definition) is 5. The topological polar surface area (TPSA) is 67.9 Å². The van der Waals surface area contributed by atoms with Crippen LogP contribution in [-0.4, -0.2) is 74.0 Å². The van der Waals surface area contributed by atoms with Gasteiger partial charge in [-0.05, 0) is 69.1 Å². The van der Waals surface area contributed by atoms with Crippen LogP contribution in [0, 0.1) is 13.8 Å². The predicted octanol–water partition coefficient (Wildman–Crippen LogP) is 3.49. The maximum absolute atomic E-state index is 12.7. The lowest BCUT2D eigenvalue weighted by Crippen LogP contribution is -2.44. The van der Waals surface area contributed by atoms with Crippen LogP contribution in [0.4, 0.5) is 17.1 Å². The van der Waals surface area contributed by atoms with E-state index >= 15 is 0 Å². The third kappa shape index (κ3) is 6.58. The molecule has 2 aromatic rings. The minimum Gasteiger partial charge on any atom is -0.369 e. The van der Waals surface area contributed by atoms with Crippen molar-refractivity contribution in [3.63, 3.8) is 0 Å². The average molecular weight is 464 g/mol. The Bertz CT molecular complexity index is 974. The zero-order valence-corrected chi connectivity index (χ0v) is 20.6. The van der Waals surface area contributed by atoms with Gasteiger partial charge < -0.3 is 20.4 Å². The van der Waals surface area contributed by atoms with Crippen LogP contribution in [0.3, 0.4) is 0 Å². The molecule has 1 heterocycles. The van der Waals surface area contributed by atoms with Gasteiger partial charge in [-0.2, -0.15) is 0 Å². The van der Waals surface area contributed by atoms with Crippen molar-refractivity contribution in [1.82, 2.24) is 9.80 Å². The molecule has 7 heteroatoms. The van der Waals surface area contributed by atoms with Gasteiger partial charge in [-0.3, -0.25) is 14.5 Å². The Hall–Kier alpha value is -2.90. The van der Waals surface area contributed by atoms with Crippen molar-refractivity contribution in [3.8, 4) is 0 Å². The van der Waals surface area contributed by atoms with Gasteiger partial charge in [0.2, 0.25) is 11.8 Å². The summed E-state index contributed by atoms with van der Waals surface area (Å²) < 4.78 is 0. The quantitative estimate of drug-likeness (QED) is 0.596. The van der Waals surface area contributed by atoms with Gasteiger partial charge in [-0.15, -0.1) is 0 Å². The molecule has 1 aliphatic carbocycles. The fourth-order valence-corrected chi connectivity index (χ4v) is 4.49. The summed E-state index contributed by atoms with van der Waals surface area (Å²) >= 11 is 0. The Labute approximate surface area is 203 Å². The van der Waals surface area contributed by atoms with E-state index in [1.54, 1.807) is 0 Å². The standard InChI is InChI=1S/C27H37N5O2/c1-20-5-4-6-21(2)27(20)29-26(34)19-32(24-11-12-24)14-13-25(33)28-22-7-9-23(10-8-22)31-17-15-30(3)16-18-31/h4-10,24H,11-19H2,1-3H3,(H,28,33)(H,29,34). The minimum absolute atomic E-state index is 0.0202. The highest BCUT2D eigenvalue weighted by atomic mass is 16.2. The first-order valence-electron chi connectivity index (χ1n) is 12.3. The number of anilines is 3. The van der Waals surface area contributed by atoms with E-state index in [-0.39, 0.29) is 11.8 Å². The number of likely N-dealkylation sites (N-methyl/N-ethyl adjacent to an activating group) is 1. The van der Waals surface area contributed by atoms with Gasteiger partial charge in [-0.1, -0.05) is 18.2 Å². The zero-order valence-electron chi connectivity index (χ0n) is 20.6. The monoisotopic (exact) mass is 463 g/mol. The van der Waals surface area contributed by atoms with Crippen molar-refractivity contribution in [3.05, 3.63) is 53.6 Å². The number of rotatable bonds is 9. The molecule has 4 rings (SSSR count). The molecule has 2 aromatic carbocycles. The molecule has 2 N–H and O–H groups in total. The fourth-order valence-electron chi connectivity index (χ4n) is 4.49. The lowest BCUT2D eigenvalue weighted by molar-refractivity contribution is -0.119. The van der Waals surface area contributed by atoms with Gasteiger partial charge in [-0.25, -0.2) is 0 Å². The number of aryl methyl sites for hydroxylation is 2. The molecule has 0 bridgehead atoms. The molecular formula is C27H37N5O2. The molecule has 2 aliphatic rings. The molecule has 0 unspecified atom stereocenters. The number of para-hydroxylation sites is 1. The van der Waals surface area contributed by atoms with Crippen LogP contribution in [0.1, 0.15) is 30.4 Å². The number of benzene rings is 2. The molecule has 0 atom stereocenters. The third-order valence-corrected chi connectivity index (χ3v) is 6.80. The normalized spacial score (nSPS) is 16.5. The van der Waals surface area contributed by atoms with Crippen LogP contribution in [0.2, 0.25) is 0 Å². The zero-order chi connectivity index (χ0) is 24.1. The second kappa shape index (κ2) is 11.0. The van der Waals surface area contributed by atoms with Gasteiger partial charge in [0.05, 0.1) is 6.54 Å². The summed E-state index contributed by atoms with van der Waals surface area (Å²) in [6, 6.07) is 14.5. The number of piperazine rings is 1. The largest absolute Gasteiger partial charge is 0.369 e. The lowest BCUT2D eigenvalue weighted by Gasteiger charge is -2.34. The lowest BCUT2D eigenvalue weighted by atomic mass is 10.1. The Balaban J connectivity index is 1.25. The van der Waals surface area contributed by atoms with Gasteiger partial charge >= 0.3 is 0 Å². The van der Waals surface area contributed by atoms with Gasteiger partial charge in [0.25, 0.3) is 0 Å². The van der Waals surface area contributed by atoms with Crippen molar-refractivity contribution < 1.29 is 9.59 Å². The number of nitrogens with zero attached hydrogens (tertiary/aromatic N) is 3. The molecule has 0 spiro atoms. The highest BCUT2D eigenvalue weighted by Crippen LogP contribution is 2.27. The van der Waals surface area contributed by atoms with E-state index in [1.807, 2.05) is 44.2 Å². The highest BCUT2D eigenvalue weighted by Gasteiger charge is 2.30. The molecule has 182 valence electrons. The number of nitrogens with one attached hydrogen (secondary N) is 2. The second-order valence-electron chi connectivity index (χ2n) is 9.65. The molecule has 2 fully saturated rings. The fraction of sp³-hybridized carbons (Fsp3) is 0.481. The summed E-state index contributed by atoms with van der Waals surface area (Å²) in [7, 11) is 2.15. The average Bonchev–Trinajstić information content (AvgIpc) is 3.66. The van der Waals surface area contributed by atoms with E-state index in [1.165, 1.54) is 5.69 Å². The van der Waals surface area contributed by atoms with Crippen molar-refractivity contribution >= 4 is 28.9 Å². The van der Waals surface area contributed by atoms with Crippen LogP contribution >= 0.6 is 0 Å². The Morgan fingerprint density at radius 2 is 1.56 bits per heavy atom.